The lowest BCUT2D eigenvalue weighted by Crippen LogP contribution is -2.31. The molecular formula is C22H25NO2. The van der Waals surface area contributed by atoms with Crippen LogP contribution in [0.2, 0.25) is 0 Å². The maximum absolute atomic E-state index is 12.4. The molecule has 0 spiro atoms. The van der Waals surface area contributed by atoms with Crippen LogP contribution in [0.15, 0.2) is 54.6 Å². The number of hydrogen-bond acceptors (Lipinski definition) is 2. The van der Waals surface area contributed by atoms with Crippen molar-refractivity contribution in [2.45, 2.75) is 32.3 Å². The van der Waals surface area contributed by atoms with Crippen LogP contribution in [0.3, 0.4) is 0 Å². The third kappa shape index (κ3) is 3.52. The molecule has 1 aliphatic carbocycles. The first kappa shape index (κ1) is 17.4. The van der Waals surface area contributed by atoms with Crippen LogP contribution in [0.1, 0.15) is 47.3 Å². The van der Waals surface area contributed by atoms with Crippen molar-refractivity contribution in [1.82, 2.24) is 4.90 Å². The van der Waals surface area contributed by atoms with Gasteiger partial charge in [0.25, 0.3) is 5.91 Å². The molecule has 1 unspecified atom stereocenters. The Balaban J connectivity index is 1.80. The van der Waals surface area contributed by atoms with E-state index in [-0.39, 0.29) is 5.91 Å². The number of hydrogen-bond donors (Lipinski definition) is 1. The van der Waals surface area contributed by atoms with Crippen molar-refractivity contribution in [3.05, 3.63) is 76.9 Å². The highest BCUT2D eigenvalue weighted by molar-refractivity contribution is 5.94. The first-order chi connectivity index (χ1) is 12.1. The standard InChI is InChI=1S/C22H25NO2/c1-3-23(4-2)21(24)19-13-11-17(12-14-19)16-22(25)15-7-9-18-8-5-6-10-20(18)22/h5-14,25H,3-4,15-16H2,1-2H3. The number of aliphatic hydroxyl groups is 1. The Kier molecular flexibility index (Phi) is 5.05. The monoisotopic (exact) mass is 335 g/mol. The second-order valence-corrected chi connectivity index (χ2v) is 6.58. The number of fused-ring (bicyclic) bond motifs is 1. The van der Waals surface area contributed by atoms with E-state index in [0.717, 1.165) is 16.7 Å². The number of carbonyl (C=O) groups is 1. The maximum Gasteiger partial charge on any atom is 0.253 e. The summed E-state index contributed by atoms with van der Waals surface area (Å²) in [6, 6.07) is 15.6. The number of nitrogens with zero attached hydrogens (tertiary/aromatic N) is 1. The van der Waals surface area contributed by atoms with Gasteiger partial charge < -0.3 is 10.0 Å². The summed E-state index contributed by atoms with van der Waals surface area (Å²) in [4.78, 5) is 14.2. The van der Waals surface area contributed by atoms with Gasteiger partial charge in [0, 0.05) is 25.1 Å². The Bertz CT molecular complexity index is 775. The zero-order valence-electron chi connectivity index (χ0n) is 14.9. The third-order valence-corrected chi connectivity index (χ3v) is 4.96. The average molecular weight is 335 g/mol. The van der Waals surface area contributed by atoms with E-state index in [1.165, 1.54) is 0 Å². The molecule has 3 nitrogen and oxygen atoms in total. The van der Waals surface area contributed by atoms with E-state index in [1.54, 1.807) is 0 Å². The van der Waals surface area contributed by atoms with Gasteiger partial charge in [0.05, 0.1) is 5.60 Å². The normalized spacial score (nSPS) is 18.7. The molecule has 1 N–H and O–H groups in total. The van der Waals surface area contributed by atoms with Gasteiger partial charge in [-0.2, -0.15) is 0 Å². The summed E-state index contributed by atoms with van der Waals surface area (Å²) in [7, 11) is 0. The fraction of sp³-hybridized carbons (Fsp3) is 0.318. The highest BCUT2D eigenvalue weighted by Crippen LogP contribution is 2.36. The minimum Gasteiger partial charge on any atom is -0.384 e. The molecule has 0 heterocycles. The molecule has 2 aromatic carbocycles. The summed E-state index contributed by atoms with van der Waals surface area (Å²) in [5, 5.41) is 11.2. The van der Waals surface area contributed by atoms with E-state index in [9.17, 15) is 9.90 Å². The van der Waals surface area contributed by atoms with Gasteiger partial charge in [-0.3, -0.25) is 4.79 Å². The van der Waals surface area contributed by atoms with Gasteiger partial charge in [-0.1, -0.05) is 48.6 Å². The molecule has 1 atom stereocenters. The van der Waals surface area contributed by atoms with Crippen LogP contribution < -0.4 is 0 Å². The molecule has 0 saturated carbocycles. The lowest BCUT2D eigenvalue weighted by Gasteiger charge is -2.32. The number of benzene rings is 2. The van der Waals surface area contributed by atoms with Gasteiger partial charge in [0.15, 0.2) is 0 Å². The lowest BCUT2D eigenvalue weighted by atomic mass is 9.79. The van der Waals surface area contributed by atoms with Crippen molar-refractivity contribution in [2.24, 2.45) is 0 Å². The largest absolute Gasteiger partial charge is 0.384 e. The van der Waals surface area contributed by atoms with Gasteiger partial charge in [-0.15, -0.1) is 0 Å². The highest BCUT2D eigenvalue weighted by atomic mass is 16.3. The first-order valence-corrected chi connectivity index (χ1v) is 8.94. The smallest absolute Gasteiger partial charge is 0.253 e. The molecule has 130 valence electrons. The molecule has 3 rings (SSSR count). The summed E-state index contributed by atoms with van der Waals surface area (Å²) >= 11 is 0. The zero-order chi connectivity index (χ0) is 17.9. The van der Waals surface area contributed by atoms with Crippen LogP contribution >= 0.6 is 0 Å². The second kappa shape index (κ2) is 7.24. The lowest BCUT2D eigenvalue weighted by molar-refractivity contribution is 0.0387. The van der Waals surface area contributed by atoms with Crippen LogP contribution in [0, 0.1) is 0 Å². The number of amides is 1. The fourth-order valence-electron chi connectivity index (χ4n) is 3.52. The quantitative estimate of drug-likeness (QED) is 0.897. The molecule has 1 aliphatic rings. The van der Waals surface area contributed by atoms with Gasteiger partial charge in [0.1, 0.15) is 0 Å². The van der Waals surface area contributed by atoms with Crippen molar-refractivity contribution in [3.8, 4) is 0 Å². The molecule has 0 fully saturated rings. The van der Waals surface area contributed by atoms with Crippen molar-refractivity contribution in [1.29, 1.82) is 0 Å². The first-order valence-electron chi connectivity index (χ1n) is 8.94. The topological polar surface area (TPSA) is 40.5 Å². The summed E-state index contributed by atoms with van der Waals surface area (Å²) in [5.41, 5.74) is 2.88. The average Bonchev–Trinajstić information content (AvgIpc) is 2.63. The molecular weight excluding hydrogens is 310 g/mol. The van der Waals surface area contributed by atoms with E-state index in [0.29, 0.717) is 31.5 Å². The van der Waals surface area contributed by atoms with Crippen molar-refractivity contribution in [3.63, 3.8) is 0 Å². The van der Waals surface area contributed by atoms with Crippen molar-refractivity contribution in [2.75, 3.05) is 13.1 Å². The minimum atomic E-state index is -0.893. The van der Waals surface area contributed by atoms with Gasteiger partial charge in [-0.25, -0.2) is 0 Å². The number of carbonyl (C=O) groups excluding carboxylic acids is 1. The molecule has 2 aromatic rings. The SMILES string of the molecule is CCN(CC)C(=O)c1ccc(CC2(O)CC=Cc3ccccc32)cc1. The van der Waals surface area contributed by atoms with E-state index in [2.05, 4.69) is 6.08 Å². The van der Waals surface area contributed by atoms with Crippen molar-refractivity contribution < 1.29 is 9.90 Å². The predicted molar refractivity (Wildman–Crippen MR) is 101 cm³/mol. The van der Waals surface area contributed by atoms with Crippen LogP contribution in [0.4, 0.5) is 0 Å². The summed E-state index contributed by atoms with van der Waals surface area (Å²) in [6.45, 7) is 5.39. The Morgan fingerprint density at radius 1 is 1.08 bits per heavy atom. The second-order valence-electron chi connectivity index (χ2n) is 6.58. The molecule has 0 bridgehead atoms. The molecule has 25 heavy (non-hydrogen) atoms. The summed E-state index contributed by atoms with van der Waals surface area (Å²) in [5.74, 6) is 0.0567. The van der Waals surface area contributed by atoms with Crippen LogP contribution in [-0.2, 0) is 12.0 Å². The van der Waals surface area contributed by atoms with Gasteiger partial charge in [0.2, 0.25) is 0 Å². The van der Waals surface area contributed by atoms with Crippen LogP contribution in [0.25, 0.3) is 6.08 Å². The Hall–Kier alpha value is -2.39. The van der Waals surface area contributed by atoms with E-state index in [4.69, 9.17) is 0 Å². The Labute approximate surface area is 149 Å². The minimum absolute atomic E-state index is 0.0567. The zero-order valence-corrected chi connectivity index (χ0v) is 14.9. The van der Waals surface area contributed by atoms with E-state index in [1.807, 2.05) is 73.4 Å². The highest BCUT2D eigenvalue weighted by Gasteiger charge is 2.32. The van der Waals surface area contributed by atoms with Crippen LogP contribution in [-0.4, -0.2) is 29.0 Å². The Morgan fingerprint density at radius 2 is 1.76 bits per heavy atom. The maximum atomic E-state index is 12.4. The molecule has 0 aliphatic heterocycles. The van der Waals surface area contributed by atoms with Crippen molar-refractivity contribution >= 4 is 12.0 Å². The number of rotatable bonds is 5. The molecule has 1 amide bonds. The fourth-order valence-corrected chi connectivity index (χ4v) is 3.52. The Morgan fingerprint density at radius 3 is 2.44 bits per heavy atom. The third-order valence-electron chi connectivity index (χ3n) is 4.96. The summed E-state index contributed by atoms with van der Waals surface area (Å²) < 4.78 is 0. The molecule has 0 radical (unpaired) electrons. The summed E-state index contributed by atoms with van der Waals surface area (Å²) in [6.07, 6.45) is 5.23. The predicted octanol–water partition coefficient (Wildman–Crippen LogP) is 4.02. The van der Waals surface area contributed by atoms with E-state index >= 15 is 0 Å². The molecule has 0 saturated heterocycles. The molecule has 3 heteroatoms. The van der Waals surface area contributed by atoms with E-state index < -0.39 is 5.60 Å². The van der Waals surface area contributed by atoms with Gasteiger partial charge >= 0.3 is 0 Å². The molecule has 0 aromatic heterocycles. The van der Waals surface area contributed by atoms with Crippen LogP contribution in [0.5, 0.6) is 0 Å². The van der Waals surface area contributed by atoms with Gasteiger partial charge in [-0.05, 0) is 49.1 Å².